The van der Waals surface area contributed by atoms with Crippen LogP contribution in [0.25, 0.3) is 0 Å². The molecule has 0 aromatic heterocycles. The van der Waals surface area contributed by atoms with Gasteiger partial charge >= 0.3 is 0 Å². The van der Waals surface area contributed by atoms with Crippen molar-refractivity contribution in [1.82, 2.24) is 5.43 Å². The van der Waals surface area contributed by atoms with E-state index in [4.69, 9.17) is 0 Å². The van der Waals surface area contributed by atoms with Gasteiger partial charge in [-0.2, -0.15) is 5.10 Å². The molecule has 0 radical (unpaired) electrons. The minimum Gasteiger partial charge on any atom is -0.275 e. The van der Waals surface area contributed by atoms with E-state index in [1.54, 1.807) is 0 Å². The molecule has 0 amide bonds. The van der Waals surface area contributed by atoms with Gasteiger partial charge in [0.2, 0.25) is 0 Å². The average molecular weight is 130 g/mol. The van der Waals surface area contributed by atoms with E-state index in [-0.39, 0.29) is 0 Å². The van der Waals surface area contributed by atoms with Gasteiger partial charge in [0.1, 0.15) is 0 Å². The highest BCUT2D eigenvalue weighted by molar-refractivity contribution is 7.78. The molecule has 0 aliphatic heterocycles. The molecule has 46 valence electrons. The summed E-state index contributed by atoms with van der Waals surface area (Å²) < 4.78 is 0. The first-order chi connectivity index (χ1) is 3.91. The Bertz CT molecular complexity index is 80.5. The van der Waals surface area contributed by atoms with Crippen LogP contribution in [0.5, 0.6) is 0 Å². The third-order valence-corrected chi connectivity index (χ3v) is 0.742. The molecule has 2 nitrogen and oxygen atoms in total. The van der Waals surface area contributed by atoms with E-state index in [1.807, 2.05) is 6.21 Å². The second kappa shape index (κ2) is 6.56. The van der Waals surface area contributed by atoms with Gasteiger partial charge in [0.05, 0.1) is 5.49 Å². The Hall–Kier alpha value is -0.440. The zero-order valence-corrected chi connectivity index (χ0v) is 5.74. The summed E-state index contributed by atoms with van der Waals surface area (Å²) >= 11 is 4.45. The molecule has 0 aliphatic carbocycles. The summed E-state index contributed by atoms with van der Waals surface area (Å²) in [7, 11) is 0. The first-order valence-corrected chi connectivity index (χ1v) is 3.09. The molecule has 0 aromatic rings. The van der Waals surface area contributed by atoms with Crippen molar-refractivity contribution < 1.29 is 0 Å². The summed E-state index contributed by atoms with van der Waals surface area (Å²) in [5.74, 6) is 0. The first kappa shape index (κ1) is 7.56. The second-order valence-corrected chi connectivity index (χ2v) is 1.58. The summed E-state index contributed by atoms with van der Waals surface area (Å²) in [4.78, 5) is 0. The van der Waals surface area contributed by atoms with Crippen LogP contribution in [0.4, 0.5) is 0 Å². The molecule has 0 heterocycles. The quantitative estimate of drug-likeness (QED) is 0.352. The van der Waals surface area contributed by atoms with Gasteiger partial charge < -0.3 is 0 Å². The van der Waals surface area contributed by atoms with Crippen molar-refractivity contribution in [2.75, 3.05) is 0 Å². The highest BCUT2D eigenvalue weighted by Gasteiger charge is 1.69. The monoisotopic (exact) mass is 130 g/mol. The van der Waals surface area contributed by atoms with E-state index in [1.165, 1.54) is 5.49 Å². The van der Waals surface area contributed by atoms with Crippen molar-refractivity contribution >= 4 is 23.9 Å². The lowest BCUT2D eigenvalue weighted by molar-refractivity contribution is 0.981. The normalized spacial score (nSPS) is 9.62. The lowest BCUT2D eigenvalue weighted by Crippen LogP contribution is -1.97. The van der Waals surface area contributed by atoms with Gasteiger partial charge in [-0.15, -0.1) is 0 Å². The summed E-state index contributed by atoms with van der Waals surface area (Å²) in [6.45, 7) is 2.10. The predicted octanol–water partition coefficient (Wildman–Crippen LogP) is 1.32. The maximum atomic E-state index is 4.45. The van der Waals surface area contributed by atoms with Crippen LogP contribution in [0.1, 0.15) is 19.8 Å². The molecule has 8 heavy (non-hydrogen) atoms. The third kappa shape index (κ3) is 5.56. The van der Waals surface area contributed by atoms with Crippen molar-refractivity contribution in [1.29, 1.82) is 0 Å². The molecular formula is C5H10N2S. The fourth-order valence-corrected chi connectivity index (χ4v) is 0.338. The molecule has 0 bridgehead atoms. The van der Waals surface area contributed by atoms with Gasteiger partial charge in [-0.3, -0.25) is 5.43 Å². The maximum absolute atomic E-state index is 4.45. The SMILES string of the molecule is CCCC=NNC=S. The zero-order chi connectivity index (χ0) is 6.24. The number of unbranched alkanes of at least 4 members (excludes halogenated alkanes) is 1. The van der Waals surface area contributed by atoms with E-state index in [9.17, 15) is 0 Å². The van der Waals surface area contributed by atoms with Crippen LogP contribution in [-0.2, 0) is 0 Å². The topological polar surface area (TPSA) is 24.4 Å². The number of hydrogen-bond acceptors (Lipinski definition) is 2. The molecule has 0 atom stereocenters. The number of rotatable bonds is 4. The number of hydrazone groups is 1. The molecule has 0 fully saturated rings. The van der Waals surface area contributed by atoms with Crippen molar-refractivity contribution in [2.45, 2.75) is 19.8 Å². The predicted molar refractivity (Wildman–Crippen MR) is 40.2 cm³/mol. The minimum atomic E-state index is 1.01. The molecule has 0 spiro atoms. The summed E-state index contributed by atoms with van der Waals surface area (Å²) in [5, 5.41) is 3.74. The molecule has 1 N–H and O–H groups in total. The summed E-state index contributed by atoms with van der Waals surface area (Å²) in [5.41, 5.74) is 3.92. The van der Waals surface area contributed by atoms with Crippen molar-refractivity contribution in [3.8, 4) is 0 Å². The Morgan fingerprint density at radius 3 is 3.00 bits per heavy atom. The highest BCUT2D eigenvalue weighted by Crippen LogP contribution is 1.77. The minimum absolute atomic E-state index is 1.01. The Kier molecular flexibility index (Phi) is 6.20. The van der Waals surface area contributed by atoms with Gasteiger partial charge in [0.15, 0.2) is 0 Å². The van der Waals surface area contributed by atoms with Crippen molar-refractivity contribution in [2.24, 2.45) is 5.10 Å². The van der Waals surface area contributed by atoms with E-state index in [0.717, 1.165) is 12.8 Å². The van der Waals surface area contributed by atoms with Gasteiger partial charge in [-0.1, -0.05) is 25.6 Å². The molecule has 0 aliphatic rings. The van der Waals surface area contributed by atoms with Crippen molar-refractivity contribution in [3.63, 3.8) is 0 Å². The molecular weight excluding hydrogens is 120 g/mol. The first-order valence-electron chi connectivity index (χ1n) is 2.62. The van der Waals surface area contributed by atoms with Crippen LogP contribution in [0.15, 0.2) is 5.10 Å². The average Bonchev–Trinajstić information content (AvgIpc) is 1.81. The van der Waals surface area contributed by atoms with Crippen LogP contribution in [0.2, 0.25) is 0 Å². The van der Waals surface area contributed by atoms with Crippen molar-refractivity contribution in [3.05, 3.63) is 0 Å². The number of hydrogen-bond donors (Lipinski definition) is 1. The Morgan fingerprint density at radius 1 is 1.75 bits per heavy atom. The summed E-state index contributed by atoms with van der Waals surface area (Å²) in [6.07, 6.45) is 3.95. The Morgan fingerprint density at radius 2 is 2.50 bits per heavy atom. The maximum Gasteiger partial charge on any atom is 0.0829 e. The second-order valence-electron chi connectivity index (χ2n) is 1.35. The number of nitrogens with one attached hydrogen (secondary N) is 1. The number of thiocarbonyl (C=S) groups is 1. The van der Waals surface area contributed by atoms with Crippen LogP contribution in [-0.4, -0.2) is 11.7 Å². The molecule has 3 heteroatoms. The molecule has 0 unspecified atom stereocenters. The van der Waals surface area contributed by atoms with Crippen LogP contribution >= 0.6 is 12.2 Å². The molecule has 0 rings (SSSR count). The largest absolute Gasteiger partial charge is 0.275 e. The lowest BCUT2D eigenvalue weighted by atomic mass is 10.4. The van der Waals surface area contributed by atoms with E-state index < -0.39 is 0 Å². The van der Waals surface area contributed by atoms with Crippen LogP contribution < -0.4 is 5.43 Å². The Labute approximate surface area is 55.0 Å². The molecule has 0 saturated heterocycles. The zero-order valence-electron chi connectivity index (χ0n) is 4.92. The fourth-order valence-electron chi connectivity index (χ4n) is 0.277. The number of nitrogens with zero attached hydrogens (tertiary/aromatic N) is 1. The third-order valence-electron chi connectivity index (χ3n) is 0.636. The molecule has 0 aromatic carbocycles. The fraction of sp³-hybridized carbons (Fsp3) is 0.600. The van der Waals surface area contributed by atoms with E-state index in [2.05, 4.69) is 29.7 Å². The lowest BCUT2D eigenvalue weighted by Gasteiger charge is -1.83. The summed E-state index contributed by atoms with van der Waals surface area (Å²) in [6, 6.07) is 0. The van der Waals surface area contributed by atoms with Gasteiger partial charge in [0.25, 0.3) is 0 Å². The smallest absolute Gasteiger partial charge is 0.0829 e. The van der Waals surface area contributed by atoms with E-state index in [0.29, 0.717) is 0 Å². The van der Waals surface area contributed by atoms with Gasteiger partial charge in [-0.25, -0.2) is 0 Å². The standard InChI is InChI=1S/C5H10N2S/c1-2-3-4-6-7-5-8/h4-5H,2-3H2,1H3,(H,7,8). The van der Waals surface area contributed by atoms with E-state index >= 15 is 0 Å². The Balaban J connectivity index is 2.94. The molecule has 0 saturated carbocycles. The van der Waals surface area contributed by atoms with Crippen LogP contribution in [0, 0.1) is 0 Å². The van der Waals surface area contributed by atoms with Gasteiger partial charge in [-0.05, 0) is 6.42 Å². The highest BCUT2D eigenvalue weighted by atomic mass is 32.1. The van der Waals surface area contributed by atoms with Crippen LogP contribution in [0.3, 0.4) is 0 Å². The van der Waals surface area contributed by atoms with Gasteiger partial charge in [0, 0.05) is 6.21 Å².